The van der Waals surface area contributed by atoms with E-state index in [4.69, 9.17) is 0 Å². The number of para-hydroxylation sites is 1. The number of hydrogen-bond donors (Lipinski definition) is 0. The van der Waals surface area contributed by atoms with Crippen molar-refractivity contribution in [1.82, 2.24) is 4.57 Å². The number of aromatic nitrogens is 2. The number of imidazole rings is 1. The van der Waals surface area contributed by atoms with Gasteiger partial charge < -0.3 is 0 Å². The Morgan fingerprint density at radius 2 is 1.41 bits per heavy atom. The Hall–Kier alpha value is -3.13. The summed E-state index contributed by atoms with van der Waals surface area (Å²) in [6.07, 6.45) is 0. The minimum atomic E-state index is -0.880. The summed E-state index contributed by atoms with van der Waals surface area (Å²) in [5.41, 5.74) is 10.6. The van der Waals surface area contributed by atoms with Gasteiger partial charge in [-0.25, -0.2) is 4.57 Å². The number of fused-ring (bicyclic) bond motifs is 3. The molecule has 2 heteroatoms. The molecule has 2 nitrogen and oxygen atoms in total. The SMILES string of the molecule is [2H]C1(C)c2ccccc2-c2c(C)n(-c3ccccc3C)c(-c3c(C)cccc3C)[n+]21. The normalized spacial score (nSPS) is 17.8. The van der Waals surface area contributed by atoms with Crippen LogP contribution in [0, 0.1) is 27.7 Å². The zero-order valence-electron chi connectivity index (χ0n) is 18.7. The molecule has 4 aromatic rings. The largest absolute Gasteiger partial charge is 0.295 e. The van der Waals surface area contributed by atoms with Crippen molar-refractivity contribution in [2.75, 3.05) is 0 Å². The zero-order valence-corrected chi connectivity index (χ0v) is 17.7. The Morgan fingerprint density at radius 1 is 0.793 bits per heavy atom. The average Bonchev–Trinajstić information content (AvgIpc) is 3.14. The quantitative estimate of drug-likeness (QED) is 0.363. The van der Waals surface area contributed by atoms with Crippen molar-refractivity contribution in [2.24, 2.45) is 0 Å². The second kappa shape index (κ2) is 6.45. The average molecular weight is 381 g/mol. The van der Waals surface area contributed by atoms with Crippen molar-refractivity contribution in [3.8, 4) is 28.3 Å². The van der Waals surface area contributed by atoms with Gasteiger partial charge in [-0.15, -0.1) is 0 Å². The minimum Gasteiger partial charge on any atom is -0.216 e. The standard InChI is InChI=1S/C27H27N2/c1-17-11-6-9-16-24(17)28-21(5)26-23-15-8-7-14-22(23)20(4)29(26)27(28)25-18(2)12-10-13-19(25)3/h6-16,20H,1-5H3/q+1/i20D. The maximum Gasteiger partial charge on any atom is 0.295 e. The van der Waals surface area contributed by atoms with Crippen molar-refractivity contribution < 1.29 is 5.94 Å². The maximum atomic E-state index is 9.46. The first-order valence-corrected chi connectivity index (χ1v) is 10.2. The van der Waals surface area contributed by atoms with Crippen LogP contribution >= 0.6 is 0 Å². The highest BCUT2D eigenvalue weighted by atomic mass is 15.2. The van der Waals surface area contributed by atoms with E-state index < -0.39 is 6.02 Å². The van der Waals surface area contributed by atoms with Crippen LogP contribution < -0.4 is 4.57 Å². The van der Waals surface area contributed by atoms with Gasteiger partial charge in [0, 0.05) is 18.1 Å². The summed E-state index contributed by atoms with van der Waals surface area (Å²) in [7, 11) is 0. The lowest BCUT2D eigenvalue weighted by Crippen LogP contribution is -2.38. The van der Waals surface area contributed by atoms with Crippen molar-refractivity contribution in [1.29, 1.82) is 0 Å². The van der Waals surface area contributed by atoms with Gasteiger partial charge in [-0.1, -0.05) is 60.7 Å². The first kappa shape index (κ1) is 16.8. The van der Waals surface area contributed by atoms with Gasteiger partial charge in [-0.2, -0.15) is 4.57 Å². The molecule has 1 unspecified atom stereocenters. The fourth-order valence-electron chi connectivity index (χ4n) is 4.90. The Labute approximate surface area is 174 Å². The summed E-state index contributed by atoms with van der Waals surface area (Å²) in [6, 6.07) is 22.5. The van der Waals surface area contributed by atoms with Crippen LogP contribution in [-0.2, 0) is 0 Å². The van der Waals surface area contributed by atoms with Crippen LogP contribution in [0.2, 0.25) is 0 Å². The van der Waals surface area contributed by atoms with E-state index in [0.29, 0.717) is 0 Å². The molecule has 144 valence electrons. The predicted octanol–water partition coefficient (Wildman–Crippen LogP) is 6.26. The molecule has 0 aliphatic carbocycles. The van der Waals surface area contributed by atoms with E-state index in [0.717, 1.165) is 22.6 Å². The van der Waals surface area contributed by atoms with Crippen LogP contribution in [0.3, 0.4) is 0 Å². The highest BCUT2D eigenvalue weighted by Crippen LogP contribution is 2.41. The summed E-state index contributed by atoms with van der Waals surface area (Å²) in [4.78, 5) is 0. The van der Waals surface area contributed by atoms with Crippen LogP contribution in [0.1, 0.15) is 42.3 Å². The summed E-state index contributed by atoms with van der Waals surface area (Å²) in [6.45, 7) is 10.7. The summed E-state index contributed by atoms with van der Waals surface area (Å²) in [5.74, 6) is 1.08. The topological polar surface area (TPSA) is 8.81 Å². The third-order valence-electron chi connectivity index (χ3n) is 6.29. The van der Waals surface area contributed by atoms with Crippen molar-refractivity contribution in [2.45, 2.75) is 40.6 Å². The van der Waals surface area contributed by atoms with E-state index in [1.807, 2.05) is 13.0 Å². The monoisotopic (exact) mass is 380 g/mol. The van der Waals surface area contributed by atoms with Crippen molar-refractivity contribution >= 4 is 0 Å². The lowest BCUT2D eigenvalue weighted by molar-refractivity contribution is -0.683. The molecule has 0 amide bonds. The van der Waals surface area contributed by atoms with Crippen LogP contribution in [0.15, 0.2) is 66.7 Å². The molecule has 0 saturated heterocycles. The van der Waals surface area contributed by atoms with E-state index in [2.05, 4.69) is 97.5 Å². The molecule has 1 atom stereocenters. The molecular formula is C27H27N2+. The molecule has 0 N–H and O–H groups in total. The molecule has 3 aromatic carbocycles. The molecule has 0 spiro atoms. The summed E-state index contributed by atoms with van der Waals surface area (Å²) in [5, 5.41) is 0. The highest BCUT2D eigenvalue weighted by molar-refractivity contribution is 5.73. The molecule has 1 aliphatic heterocycles. The maximum absolute atomic E-state index is 9.46. The summed E-state index contributed by atoms with van der Waals surface area (Å²) < 4.78 is 14.1. The van der Waals surface area contributed by atoms with Gasteiger partial charge in [-0.05, 0) is 50.5 Å². The molecule has 0 fully saturated rings. The molecule has 0 saturated carbocycles. The van der Waals surface area contributed by atoms with E-state index in [-0.39, 0.29) is 0 Å². The first-order chi connectivity index (χ1) is 14.3. The molecule has 1 aliphatic rings. The predicted molar refractivity (Wildman–Crippen MR) is 120 cm³/mol. The summed E-state index contributed by atoms with van der Waals surface area (Å²) >= 11 is 0. The number of rotatable bonds is 2. The minimum absolute atomic E-state index is 0.880. The molecule has 0 bridgehead atoms. The van der Waals surface area contributed by atoms with Crippen molar-refractivity contribution in [3.63, 3.8) is 0 Å². The third kappa shape index (κ3) is 2.45. The fraction of sp³-hybridized carbons (Fsp3) is 0.222. The molecule has 29 heavy (non-hydrogen) atoms. The lowest BCUT2D eigenvalue weighted by atomic mass is 10.00. The van der Waals surface area contributed by atoms with Gasteiger partial charge in [-0.3, -0.25) is 0 Å². The second-order valence-electron chi connectivity index (χ2n) is 8.11. The van der Waals surface area contributed by atoms with Gasteiger partial charge >= 0.3 is 0 Å². The molecule has 0 radical (unpaired) electrons. The van der Waals surface area contributed by atoms with Crippen LogP contribution in [-0.4, -0.2) is 4.57 Å². The van der Waals surface area contributed by atoms with E-state index in [1.54, 1.807) is 0 Å². The molecule has 1 aromatic heterocycles. The van der Waals surface area contributed by atoms with Gasteiger partial charge in [0.15, 0.2) is 11.4 Å². The second-order valence-corrected chi connectivity index (χ2v) is 8.11. The van der Waals surface area contributed by atoms with Crippen LogP contribution in [0.25, 0.3) is 28.3 Å². The fourth-order valence-corrected chi connectivity index (χ4v) is 4.90. The van der Waals surface area contributed by atoms with Gasteiger partial charge in [0.05, 0.1) is 6.93 Å². The number of nitrogens with zero attached hydrogens (tertiary/aromatic N) is 2. The third-order valence-corrected chi connectivity index (χ3v) is 6.29. The Morgan fingerprint density at radius 3 is 2.14 bits per heavy atom. The van der Waals surface area contributed by atoms with Gasteiger partial charge in [0.2, 0.25) is 0 Å². The highest BCUT2D eigenvalue weighted by Gasteiger charge is 2.41. The Balaban J connectivity index is 2.00. The zero-order chi connectivity index (χ0) is 21.2. The first-order valence-electron chi connectivity index (χ1n) is 10.7. The molecule has 5 rings (SSSR count). The van der Waals surface area contributed by atoms with Crippen LogP contribution in [0.5, 0.6) is 0 Å². The van der Waals surface area contributed by atoms with Crippen molar-refractivity contribution in [3.05, 3.63) is 94.7 Å². The number of aryl methyl sites for hydroxylation is 3. The smallest absolute Gasteiger partial charge is 0.216 e. The Kier molecular flexibility index (Phi) is 3.73. The number of benzene rings is 3. The van der Waals surface area contributed by atoms with E-state index >= 15 is 0 Å². The van der Waals surface area contributed by atoms with Crippen LogP contribution in [0.4, 0.5) is 0 Å². The van der Waals surface area contributed by atoms with Gasteiger partial charge in [0.1, 0.15) is 11.7 Å². The Bertz CT molecular complexity index is 1290. The van der Waals surface area contributed by atoms with Gasteiger partial charge in [0.25, 0.3) is 5.82 Å². The number of hydrogen-bond acceptors (Lipinski definition) is 0. The van der Waals surface area contributed by atoms with E-state index in [1.165, 1.54) is 33.6 Å². The molecular weight excluding hydrogens is 352 g/mol. The lowest BCUT2D eigenvalue weighted by Gasteiger charge is -2.14. The van der Waals surface area contributed by atoms with E-state index in [9.17, 15) is 1.37 Å². The molecule has 2 heterocycles.